The standard InChI is InChI=1S/C24H26N6O5S2/c1-35-28-17(16-12-37-24(25)26-16)20(31)27-18-21(32)30-19(23(33)34)15(11-36-22(18)30)10-29-8-6-14(7-9-29)13-4-2-3-5-13/h6-9,12-13,18,22H,2-5,10-11H2,1H3,(H3-,25,26,27,31,33,34)/p+1/b28-17-/t18-,22-/m1/s1. The maximum Gasteiger partial charge on any atom is 0.352 e. The number of thiazole rings is 1. The summed E-state index contributed by atoms with van der Waals surface area (Å²) in [6.07, 6.45) is 8.89. The van der Waals surface area contributed by atoms with Crippen LogP contribution in [0.1, 0.15) is 42.9 Å². The normalized spacial score (nSPS) is 22.0. The first-order valence-electron chi connectivity index (χ1n) is 11.9. The third-order valence-electron chi connectivity index (χ3n) is 6.82. The molecule has 2 fully saturated rings. The number of nitrogens with zero attached hydrogens (tertiary/aromatic N) is 4. The second-order valence-electron chi connectivity index (χ2n) is 9.10. The summed E-state index contributed by atoms with van der Waals surface area (Å²) in [5, 5.41) is 17.7. The van der Waals surface area contributed by atoms with Gasteiger partial charge in [-0.3, -0.25) is 14.5 Å². The number of anilines is 1. The molecule has 1 aliphatic carbocycles. The van der Waals surface area contributed by atoms with E-state index in [1.807, 2.05) is 17.0 Å². The largest absolute Gasteiger partial charge is 0.477 e. The molecule has 0 aromatic carbocycles. The highest BCUT2D eigenvalue weighted by Crippen LogP contribution is 2.40. The second kappa shape index (κ2) is 10.5. The number of fused-ring (bicyclic) bond motifs is 1. The summed E-state index contributed by atoms with van der Waals surface area (Å²) in [5.74, 6) is -1.29. The molecular formula is C24H27N6O5S2+. The number of carboxylic acid groups (broad SMARTS) is 1. The topological polar surface area (TPSA) is 151 Å². The van der Waals surface area contributed by atoms with Crippen LogP contribution in [0.25, 0.3) is 0 Å². The minimum atomic E-state index is -1.17. The van der Waals surface area contributed by atoms with Crippen molar-refractivity contribution in [3.8, 4) is 0 Å². The van der Waals surface area contributed by atoms with Crippen molar-refractivity contribution in [3.63, 3.8) is 0 Å². The molecule has 4 heterocycles. The minimum absolute atomic E-state index is 0.0234. The number of nitrogens with one attached hydrogen (secondary N) is 1. The summed E-state index contributed by atoms with van der Waals surface area (Å²) in [6.45, 7) is 0.364. The fraction of sp³-hybridized carbons (Fsp3) is 0.417. The third-order valence-corrected chi connectivity index (χ3v) is 8.83. The van der Waals surface area contributed by atoms with Crippen molar-refractivity contribution in [3.05, 3.63) is 52.4 Å². The lowest BCUT2D eigenvalue weighted by Gasteiger charge is -2.49. The number of amides is 2. The lowest BCUT2D eigenvalue weighted by atomic mass is 9.99. The van der Waals surface area contributed by atoms with Crippen molar-refractivity contribution in [1.29, 1.82) is 0 Å². The number of pyridine rings is 1. The first kappa shape index (κ1) is 25.2. The predicted molar refractivity (Wildman–Crippen MR) is 138 cm³/mol. The van der Waals surface area contributed by atoms with Gasteiger partial charge in [0.15, 0.2) is 29.8 Å². The number of nitrogen functional groups attached to an aromatic ring is 1. The van der Waals surface area contributed by atoms with E-state index in [-0.39, 0.29) is 22.2 Å². The Balaban J connectivity index is 1.30. The summed E-state index contributed by atoms with van der Waals surface area (Å²) in [7, 11) is 1.29. The van der Waals surface area contributed by atoms with E-state index in [4.69, 9.17) is 10.6 Å². The summed E-state index contributed by atoms with van der Waals surface area (Å²) >= 11 is 2.56. The monoisotopic (exact) mass is 543 g/mol. The van der Waals surface area contributed by atoms with Gasteiger partial charge < -0.3 is 21.0 Å². The molecule has 3 aliphatic rings. The summed E-state index contributed by atoms with van der Waals surface area (Å²) in [6, 6.07) is 3.31. The van der Waals surface area contributed by atoms with Crippen LogP contribution in [0.3, 0.4) is 0 Å². The molecule has 2 aromatic rings. The zero-order chi connectivity index (χ0) is 26.1. The Labute approximate surface area is 221 Å². The zero-order valence-electron chi connectivity index (χ0n) is 20.1. The number of nitrogens with two attached hydrogens (primary N) is 1. The van der Waals surface area contributed by atoms with Gasteiger partial charge in [0, 0.05) is 28.8 Å². The number of aromatic nitrogens is 2. The van der Waals surface area contributed by atoms with E-state index in [1.165, 1.54) is 55.0 Å². The Hall–Kier alpha value is -3.45. The van der Waals surface area contributed by atoms with Crippen LogP contribution in [0.5, 0.6) is 0 Å². The molecule has 1 saturated heterocycles. The molecule has 0 unspecified atom stereocenters. The molecule has 0 spiro atoms. The highest BCUT2D eigenvalue weighted by atomic mass is 32.2. The van der Waals surface area contributed by atoms with Crippen molar-refractivity contribution < 1.29 is 28.9 Å². The van der Waals surface area contributed by atoms with Gasteiger partial charge in [-0.25, -0.2) is 14.3 Å². The summed E-state index contributed by atoms with van der Waals surface area (Å²) < 4.78 is 1.94. The fourth-order valence-corrected chi connectivity index (χ4v) is 6.92. The van der Waals surface area contributed by atoms with E-state index in [9.17, 15) is 19.5 Å². The van der Waals surface area contributed by atoms with Gasteiger partial charge in [-0.1, -0.05) is 18.0 Å². The number of carboxylic acids is 1. The number of β-lactam (4-membered cyclic amide) rings is 1. The number of carbonyl (C=O) groups excluding carboxylic acids is 2. The molecule has 194 valence electrons. The molecule has 1 saturated carbocycles. The van der Waals surface area contributed by atoms with Gasteiger partial charge in [-0.05, 0) is 24.3 Å². The fourth-order valence-electron chi connectivity index (χ4n) is 5.03. The SMILES string of the molecule is CO/N=C(\C(=O)N[C@@H]1C(=O)N2C(C(=O)O)=C(C[n+]3ccc(C4CCCC4)cc3)CS[C@H]12)c1csc(N)n1. The Morgan fingerprint density at radius 2 is 2.05 bits per heavy atom. The van der Waals surface area contributed by atoms with E-state index in [1.54, 1.807) is 5.38 Å². The van der Waals surface area contributed by atoms with Crippen LogP contribution in [-0.4, -0.2) is 62.8 Å². The van der Waals surface area contributed by atoms with Gasteiger partial charge >= 0.3 is 5.97 Å². The number of hydrogen-bond donors (Lipinski definition) is 3. The molecule has 5 rings (SSSR count). The van der Waals surface area contributed by atoms with Crippen molar-refractivity contribution in [2.75, 3.05) is 18.6 Å². The highest BCUT2D eigenvalue weighted by Gasteiger charge is 2.54. The van der Waals surface area contributed by atoms with E-state index in [0.717, 1.165) is 11.3 Å². The molecule has 0 radical (unpaired) electrons. The lowest BCUT2D eigenvalue weighted by Crippen LogP contribution is -2.71. The van der Waals surface area contributed by atoms with Crippen LogP contribution >= 0.6 is 23.1 Å². The van der Waals surface area contributed by atoms with Gasteiger partial charge in [0.2, 0.25) is 0 Å². The van der Waals surface area contributed by atoms with Crippen molar-refractivity contribution in [2.45, 2.75) is 49.6 Å². The molecule has 0 bridgehead atoms. The van der Waals surface area contributed by atoms with Crippen molar-refractivity contribution >= 4 is 51.7 Å². The third kappa shape index (κ3) is 4.92. The molecule has 37 heavy (non-hydrogen) atoms. The second-order valence-corrected chi connectivity index (χ2v) is 11.1. The number of aliphatic carboxylic acids is 1. The highest BCUT2D eigenvalue weighted by molar-refractivity contribution is 8.00. The van der Waals surface area contributed by atoms with Gasteiger partial charge in [0.1, 0.15) is 29.9 Å². The molecule has 2 amide bonds. The lowest BCUT2D eigenvalue weighted by molar-refractivity contribution is -0.689. The molecule has 13 heteroatoms. The zero-order valence-corrected chi connectivity index (χ0v) is 21.8. The first-order valence-corrected chi connectivity index (χ1v) is 13.8. The molecular weight excluding hydrogens is 516 g/mol. The Morgan fingerprint density at radius 3 is 2.68 bits per heavy atom. The number of thioether (sulfide) groups is 1. The quantitative estimate of drug-likeness (QED) is 0.196. The van der Waals surface area contributed by atoms with Crippen LogP contribution in [0.2, 0.25) is 0 Å². The van der Waals surface area contributed by atoms with Crippen LogP contribution < -0.4 is 15.6 Å². The molecule has 2 aliphatic heterocycles. The van der Waals surface area contributed by atoms with Crippen molar-refractivity contribution in [2.24, 2.45) is 5.16 Å². The Bertz CT molecular complexity index is 1280. The smallest absolute Gasteiger partial charge is 0.352 e. The predicted octanol–water partition coefficient (Wildman–Crippen LogP) is 1.46. The van der Waals surface area contributed by atoms with E-state index >= 15 is 0 Å². The first-order chi connectivity index (χ1) is 17.9. The molecule has 4 N–H and O–H groups in total. The van der Waals surface area contributed by atoms with Crippen LogP contribution in [0.15, 0.2) is 46.3 Å². The number of hydrogen-bond acceptors (Lipinski definition) is 9. The van der Waals surface area contributed by atoms with E-state index in [0.29, 0.717) is 23.8 Å². The average Bonchev–Trinajstić information content (AvgIpc) is 3.58. The van der Waals surface area contributed by atoms with Gasteiger partial charge in [0.25, 0.3) is 11.8 Å². The van der Waals surface area contributed by atoms with Gasteiger partial charge in [-0.2, -0.15) is 0 Å². The van der Waals surface area contributed by atoms with Crippen LogP contribution in [-0.2, 0) is 25.8 Å². The summed E-state index contributed by atoms with van der Waals surface area (Å²) in [4.78, 5) is 48.2. The van der Waals surface area contributed by atoms with Gasteiger partial charge in [-0.15, -0.1) is 23.1 Å². The average molecular weight is 544 g/mol. The van der Waals surface area contributed by atoms with Crippen molar-refractivity contribution in [1.82, 2.24) is 15.2 Å². The van der Waals surface area contributed by atoms with Crippen LogP contribution in [0.4, 0.5) is 5.13 Å². The number of oxime groups is 1. The maximum atomic E-state index is 13.0. The number of rotatable bonds is 8. The number of carbonyl (C=O) groups is 3. The molecule has 11 nitrogen and oxygen atoms in total. The van der Waals surface area contributed by atoms with E-state index in [2.05, 4.69) is 27.6 Å². The van der Waals surface area contributed by atoms with Crippen LogP contribution in [0, 0.1) is 0 Å². The maximum absolute atomic E-state index is 13.0. The molecule has 2 aromatic heterocycles. The Kier molecular flexibility index (Phi) is 7.15. The summed E-state index contributed by atoms with van der Waals surface area (Å²) in [5.41, 5.74) is 7.71. The van der Waals surface area contributed by atoms with Gasteiger partial charge in [0.05, 0.1) is 0 Å². The molecule has 2 atom stereocenters. The minimum Gasteiger partial charge on any atom is -0.477 e. The van der Waals surface area contributed by atoms with E-state index < -0.39 is 29.2 Å². The Morgan fingerprint density at radius 1 is 1.32 bits per heavy atom.